The summed E-state index contributed by atoms with van der Waals surface area (Å²) in [5, 5.41) is 5.08. The summed E-state index contributed by atoms with van der Waals surface area (Å²) in [4.78, 5) is 9.48. The molecule has 6 heteroatoms. The third kappa shape index (κ3) is 1.74. The number of anilines is 1. The molecule has 2 rings (SSSR count). The molecular weight excluding hydrogens is 198 g/mol. The van der Waals surface area contributed by atoms with Crippen LogP contribution in [-0.4, -0.2) is 19.7 Å². The zero-order valence-electron chi connectivity index (χ0n) is 8.06. The van der Waals surface area contributed by atoms with E-state index in [2.05, 4.69) is 22.0 Å². The summed E-state index contributed by atoms with van der Waals surface area (Å²) in [6.07, 6.45) is 1.61. The van der Waals surface area contributed by atoms with Crippen LogP contribution in [0.25, 0.3) is 0 Å². The van der Waals surface area contributed by atoms with Gasteiger partial charge in [0.05, 0.1) is 17.2 Å². The molecule has 0 atom stereocenters. The third-order valence-corrected chi connectivity index (χ3v) is 2.79. The Kier molecular flexibility index (Phi) is 2.20. The van der Waals surface area contributed by atoms with Crippen molar-refractivity contribution >= 4 is 17.3 Å². The van der Waals surface area contributed by atoms with Crippen LogP contribution in [0.15, 0.2) is 6.33 Å². The Labute approximate surface area is 85.6 Å². The summed E-state index contributed by atoms with van der Waals surface area (Å²) in [6, 6.07) is 0. The van der Waals surface area contributed by atoms with Crippen molar-refractivity contribution in [2.75, 3.05) is 5.73 Å². The lowest BCUT2D eigenvalue weighted by molar-refractivity contribution is 0.673. The molecule has 0 bridgehead atoms. The standard InChI is InChI=1S/C8H11N5S/c1-5-7(11-6(2)14-5)3-13-4-10-8(9)12-13/h4H,3H2,1-2H3,(H2,9,12). The molecule has 0 saturated heterocycles. The Morgan fingerprint density at radius 2 is 2.29 bits per heavy atom. The molecule has 2 heterocycles. The van der Waals surface area contributed by atoms with Crippen LogP contribution in [-0.2, 0) is 6.54 Å². The summed E-state index contributed by atoms with van der Waals surface area (Å²) in [5.74, 6) is 0.301. The molecule has 5 nitrogen and oxygen atoms in total. The van der Waals surface area contributed by atoms with Gasteiger partial charge in [0, 0.05) is 4.88 Å². The predicted octanol–water partition coefficient (Wildman–Crippen LogP) is 0.982. The Bertz CT molecular complexity index is 444. The van der Waals surface area contributed by atoms with E-state index in [1.165, 1.54) is 4.88 Å². The lowest BCUT2D eigenvalue weighted by atomic mass is 10.4. The van der Waals surface area contributed by atoms with Gasteiger partial charge in [-0.25, -0.2) is 14.6 Å². The molecule has 0 fully saturated rings. The van der Waals surface area contributed by atoms with Gasteiger partial charge >= 0.3 is 0 Å². The molecule has 2 aromatic rings. The minimum atomic E-state index is 0.301. The summed E-state index contributed by atoms with van der Waals surface area (Å²) < 4.78 is 1.69. The minimum Gasteiger partial charge on any atom is -0.367 e. The first-order chi connectivity index (χ1) is 6.65. The first-order valence-electron chi connectivity index (χ1n) is 4.23. The van der Waals surface area contributed by atoms with Crippen molar-refractivity contribution in [3.05, 3.63) is 21.9 Å². The van der Waals surface area contributed by atoms with Gasteiger partial charge in [0.15, 0.2) is 0 Å². The Hall–Kier alpha value is -1.43. The van der Waals surface area contributed by atoms with Gasteiger partial charge in [-0.05, 0) is 13.8 Å². The van der Waals surface area contributed by atoms with Gasteiger partial charge in [0.2, 0.25) is 5.95 Å². The second-order valence-electron chi connectivity index (χ2n) is 3.04. The summed E-state index contributed by atoms with van der Waals surface area (Å²) >= 11 is 1.69. The van der Waals surface area contributed by atoms with Gasteiger partial charge in [0.1, 0.15) is 6.33 Å². The van der Waals surface area contributed by atoms with Crippen LogP contribution in [0.5, 0.6) is 0 Å². The molecule has 0 aliphatic rings. The quantitative estimate of drug-likeness (QED) is 0.800. The molecule has 74 valence electrons. The molecule has 2 aromatic heterocycles. The van der Waals surface area contributed by atoms with Crippen LogP contribution in [0.4, 0.5) is 5.95 Å². The summed E-state index contributed by atoms with van der Waals surface area (Å²) in [5.41, 5.74) is 6.45. The number of aromatic nitrogens is 4. The number of nitrogens with zero attached hydrogens (tertiary/aromatic N) is 4. The zero-order valence-corrected chi connectivity index (χ0v) is 8.88. The highest BCUT2D eigenvalue weighted by Crippen LogP contribution is 2.16. The average Bonchev–Trinajstić information content (AvgIpc) is 2.61. The molecular formula is C8H11N5S. The highest BCUT2D eigenvalue weighted by molar-refractivity contribution is 7.11. The van der Waals surface area contributed by atoms with Crippen molar-refractivity contribution in [2.45, 2.75) is 20.4 Å². The Morgan fingerprint density at radius 3 is 2.79 bits per heavy atom. The fourth-order valence-electron chi connectivity index (χ4n) is 1.26. The van der Waals surface area contributed by atoms with Gasteiger partial charge < -0.3 is 5.73 Å². The molecule has 0 aliphatic heterocycles. The van der Waals surface area contributed by atoms with Crippen molar-refractivity contribution in [2.24, 2.45) is 0 Å². The van der Waals surface area contributed by atoms with Crippen LogP contribution in [0, 0.1) is 13.8 Å². The van der Waals surface area contributed by atoms with Crippen molar-refractivity contribution in [1.29, 1.82) is 0 Å². The SMILES string of the molecule is Cc1nc(Cn2cnc(N)n2)c(C)s1. The van der Waals surface area contributed by atoms with Gasteiger partial charge in [-0.2, -0.15) is 0 Å². The monoisotopic (exact) mass is 209 g/mol. The van der Waals surface area contributed by atoms with Gasteiger partial charge in [-0.1, -0.05) is 0 Å². The van der Waals surface area contributed by atoms with Crippen LogP contribution < -0.4 is 5.73 Å². The van der Waals surface area contributed by atoms with Crippen LogP contribution in [0.3, 0.4) is 0 Å². The smallest absolute Gasteiger partial charge is 0.239 e. The highest BCUT2D eigenvalue weighted by atomic mass is 32.1. The molecule has 0 aliphatic carbocycles. The lowest BCUT2D eigenvalue weighted by Crippen LogP contribution is -2.02. The van der Waals surface area contributed by atoms with E-state index in [0.717, 1.165) is 10.7 Å². The molecule has 0 saturated carbocycles. The molecule has 0 aromatic carbocycles. The van der Waals surface area contributed by atoms with Crippen LogP contribution in [0.2, 0.25) is 0 Å². The number of thiazole rings is 1. The maximum absolute atomic E-state index is 5.41. The van der Waals surface area contributed by atoms with E-state index in [4.69, 9.17) is 5.73 Å². The molecule has 0 radical (unpaired) electrons. The minimum absolute atomic E-state index is 0.301. The largest absolute Gasteiger partial charge is 0.367 e. The second-order valence-corrected chi connectivity index (χ2v) is 4.44. The predicted molar refractivity (Wildman–Crippen MR) is 55.1 cm³/mol. The third-order valence-electron chi connectivity index (χ3n) is 1.87. The van der Waals surface area contributed by atoms with Crippen LogP contribution in [0.1, 0.15) is 15.6 Å². The normalized spacial score (nSPS) is 10.7. The van der Waals surface area contributed by atoms with E-state index in [9.17, 15) is 0 Å². The van der Waals surface area contributed by atoms with Gasteiger partial charge in [-0.3, -0.25) is 0 Å². The van der Waals surface area contributed by atoms with E-state index >= 15 is 0 Å². The molecule has 2 N–H and O–H groups in total. The van der Waals surface area contributed by atoms with E-state index < -0.39 is 0 Å². The summed E-state index contributed by atoms with van der Waals surface area (Å²) in [7, 11) is 0. The maximum atomic E-state index is 5.41. The van der Waals surface area contributed by atoms with Crippen molar-refractivity contribution in [3.63, 3.8) is 0 Å². The first kappa shape index (κ1) is 9.14. The van der Waals surface area contributed by atoms with Crippen molar-refractivity contribution < 1.29 is 0 Å². The lowest BCUT2D eigenvalue weighted by Gasteiger charge is -1.96. The van der Waals surface area contributed by atoms with Gasteiger partial charge in [-0.15, -0.1) is 16.4 Å². The van der Waals surface area contributed by atoms with E-state index in [1.54, 1.807) is 22.3 Å². The Balaban J connectivity index is 2.22. The van der Waals surface area contributed by atoms with Crippen molar-refractivity contribution in [1.82, 2.24) is 19.7 Å². The second kappa shape index (κ2) is 3.38. The van der Waals surface area contributed by atoms with E-state index in [0.29, 0.717) is 12.5 Å². The number of aryl methyl sites for hydroxylation is 2. The number of hydrogen-bond acceptors (Lipinski definition) is 5. The molecule has 0 amide bonds. The molecule has 0 spiro atoms. The highest BCUT2D eigenvalue weighted by Gasteiger charge is 2.06. The van der Waals surface area contributed by atoms with E-state index in [-0.39, 0.29) is 0 Å². The zero-order chi connectivity index (χ0) is 10.1. The number of rotatable bonds is 2. The first-order valence-corrected chi connectivity index (χ1v) is 5.04. The van der Waals surface area contributed by atoms with Crippen LogP contribution >= 0.6 is 11.3 Å². The van der Waals surface area contributed by atoms with E-state index in [1.807, 2.05) is 6.92 Å². The molecule has 0 unspecified atom stereocenters. The van der Waals surface area contributed by atoms with Gasteiger partial charge in [0.25, 0.3) is 0 Å². The number of nitrogen functional groups attached to an aromatic ring is 1. The Morgan fingerprint density at radius 1 is 1.50 bits per heavy atom. The maximum Gasteiger partial charge on any atom is 0.239 e. The average molecular weight is 209 g/mol. The number of nitrogens with two attached hydrogens (primary N) is 1. The summed E-state index contributed by atoms with van der Waals surface area (Å²) in [6.45, 7) is 4.69. The topological polar surface area (TPSA) is 69.6 Å². The fourth-order valence-corrected chi connectivity index (χ4v) is 2.08. The van der Waals surface area contributed by atoms with Crippen molar-refractivity contribution in [3.8, 4) is 0 Å². The molecule has 14 heavy (non-hydrogen) atoms. The fraction of sp³-hybridized carbons (Fsp3) is 0.375. The number of hydrogen-bond donors (Lipinski definition) is 1.